The maximum Gasteiger partial charge on any atom is 0.127 e. The first-order valence-corrected chi connectivity index (χ1v) is 4.82. The van der Waals surface area contributed by atoms with Crippen molar-refractivity contribution < 1.29 is 9.13 Å². The van der Waals surface area contributed by atoms with Gasteiger partial charge in [0.2, 0.25) is 0 Å². The van der Waals surface area contributed by atoms with Gasteiger partial charge in [0, 0.05) is 12.6 Å². The second-order valence-corrected chi connectivity index (χ2v) is 3.34. The average molecular weight is 197 g/mol. The van der Waals surface area contributed by atoms with Crippen LogP contribution in [0.1, 0.15) is 25.8 Å². The third kappa shape index (κ3) is 3.00. The zero-order valence-electron chi connectivity index (χ0n) is 8.59. The van der Waals surface area contributed by atoms with E-state index in [-0.39, 0.29) is 11.9 Å². The van der Waals surface area contributed by atoms with Gasteiger partial charge in [-0.1, -0.05) is 6.92 Å². The highest BCUT2D eigenvalue weighted by Crippen LogP contribution is 2.18. The molecule has 1 unspecified atom stereocenters. The normalized spacial score (nSPS) is 12.6. The maximum atomic E-state index is 13.0. The molecule has 1 atom stereocenters. The second kappa shape index (κ2) is 4.96. The highest BCUT2D eigenvalue weighted by atomic mass is 19.1. The third-order valence-electron chi connectivity index (χ3n) is 2.08. The molecule has 0 saturated heterocycles. The van der Waals surface area contributed by atoms with Crippen molar-refractivity contribution >= 4 is 0 Å². The number of nitrogens with two attached hydrogens (primary N) is 1. The molecular formula is C11H16FNO. The molecule has 0 amide bonds. The van der Waals surface area contributed by atoms with Crippen LogP contribution in [0.5, 0.6) is 5.75 Å². The second-order valence-electron chi connectivity index (χ2n) is 3.34. The molecular weight excluding hydrogens is 181 g/mol. The van der Waals surface area contributed by atoms with Crippen LogP contribution in [0.2, 0.25) is 0 Å². The SMILES string of the molecule is CCC(C)Oc1cc(F)cc(CN)c1. The number of hydrogen-bond donors (Lipinski definition) is 1. The fourth-order valence-corrected chi connectivity index (χ4v) is 1.12. The molecule has 1 rings (SSSR count). The average Bonchev–Trinajstić information content (AvgIpc) is 2.16. The van der Waals surface area contributed by atoms with Gasteiger partial charge in [0.25, 0.3) is 0 Å². The largest absolute Gasteiger partial charge is 0.491 e. The van der Waals surface area contributed by atoms with Crippen molar-refractivity contribution in [2.24, 2.45) is 5.73 Å². The van der Waals surface area contributed by atoms with Crippen molar-refractivity contribution in [3.63, 3.8) is 0 Å². The van der Waals surface area contributed by atoms with E-state index in [2.05, 4.69) is 0 Å². The van der Waals surface area contributed by atoms with E-state index >= 15 is 0 Å². The Morgan fingerprint density at radius 3 is 2.71 bits per heavy atom. The zero-order valence-corrected chi connectivity index (χ0v) is 8.59. The minimum Gasteiger partial charge on any atom is -0.491 e. The summed E-state index contributed by atoms with van der Waals surface area (Å²) in [7, 11) is 0. The van der Waals surface area contributed by atoms with E-state index in [4.69, 9.17) is 10.5 Å². The highest BCUT2D eigenvalue weighted by Gasteiger charge is 2.04. The third-order valence-corrected chi connectivity index (χ3v) is 2.08. The molecule has 0 radical (unpaired) electrons. The molecule has 0 saturated carbocycles. The van der Waals surface area contributed by atoms with Crippen LogP contribution in [0.15, 0.2) is 18.2 Å². The Morgan fingerprint density at radius 2 is 2.14 bits per heavy atom. The Bertz CT molecular complexity index is 301. The molecule has 0 aliphatic heterocycles. The lowest BCUT2D eigenvalue weighted by molar-refractivity contribution is 0.216. The van der Waals surface area contributed by atoms with E-state index in [9.17, 15) is 4.39 Å². The number of ether oxygens (including phenoxy) is 1. The molecule has 14 heavy (non-hydrogen) atoms. The van der Waals surface area contributed by atoms with Crippen molar-refractivity contribution in [3.8, 4) is 5.75 Å². The summed E-state index contributed by atoms with van der Waals surface area (Å²) >= 11 is 0. The van der Waals surface area contributed by atoms with Crippen LogP contribution in [-0.2, 0) is 6.54 Å². The molecule has 0 spiro atoms. The maximum absolute atomic E-state index is 13.0. The molecule has 2 nitrogen and oxygen atoms in total. The van der Waals surface area contributed by atoms with Gasteiger partial charge >= 0.3 is 0 Å². The number of hydrogen-bond acceptors (Lipinski definition) is 2. The summed E-state index contributed by atoms with van der Waals surface area (Å²) in [6.07, 6.45) is 0.997. The predicted molar refractivity (Wildman–Crippen MR) is 54.7 cm³/mol. The Labute approximate surface area is 83.9 Å². The zero-order chi connectivity index (χ0) is 10.6. The predicted octanol–water partition coefficient (Wildman–Crippen LogP) is 2.46. The van der Waals surface area contributed by atoms with Crippen molar-refractivity contribution in [2.45, 2.75) is 32.9 Å². The molecule has 0 bridgehead atoms. The molecule has 1 aromatic carbocycles. The van der Waals surface area contributed by atoms with Crippen molar-refractivity contribution in [1.82, 2.24) is 0 Å². The fourth-order valence-electron chi connectivity index (χ4n) is 1.12. The molecule has 2 N–H and O–H groups in total. The lowest BCUT2D eigenvalue weighted by Crippen LogP contribution is -2.10. The van der Waals surface area contributed by atoms with Gasteiger partial charge in [-0.15, -0.1) is 0 Å². The van der Waals surface area contributed by atoms with Gasteiger partial charge in [0.1, 0.15) is 11.6 Å². The van der Waals surface area contributed by atoms with Crippen LogP contribution in [-0.4, -0.2) is 6.10 Å². The lowest BCUT2D eigenvalue weighted by Gasteiger charge is -2.13. The first-order chi connectivity index (χ1) is 6.65. The number of rotatable bonds is 4. The Balaban J connectivity index is 2.81. The van der Waals surface area contributed by atoms with Crippen LogP contribution >= 0.6 is 0 Å². The monoisotopic (exact) mass is 197 g/mol. The summed E-state index contributed by atoms with van der Waals surface area (Å²) < 4.78 is 18.5. The molecule has 0 aromatic heterocycles. The lowest BCUT2D eigenvalue weighted by atomic mass is 10.2. The molecule has 0 aliphatic carbocycles. The van der Waals surface area contributed by atoms with E-state index in [0.29, 0.717) is 12.3 Å². The summed E-state index contributed by atoms with van der Waals surface area (Å²) in [6, 6.07) is 4.57. The minimum absolute atomic E-state index is 0.0995. The standard InChI is InChI=1S/C11H16FNO/c1-3-8(2)14-11-5-9(7-13)4-10(12)6-11/h4-6,8H,3,7,13H2,1-2H3. The van der Waals surface area contributed by atoms with E-state index in [1.807, 2.05) is 13.8 Å². The Morgan fingerprint density at radius 1 is 1.43 bits per heavy atom. The topological polar surface area (TPSA) is 35.2 Å². The molecule has 0 fully saturated rings. The van der Waals surface area contributed by atoms with Crippen molar-refractivity contribution in [2.75, 3.05) is 0 Å². The Kier molecular flexibility index (Phi) is 3.89. The quantitative estimate of drug-likeness (QED) is 0.804. The first-order valence-electron chi connectivity index (χ1n) is 4.82. The van der Waals surface area contributed by atoms with Gasteiger partial charge in [-0.25, -0.2) is 4.39 Å². The van der Waals surface area contributed by atoms with E-state index in [1.54, 1.807) is 6.07 Å². The summed E-state index contributed by atoms with van der Waals surface area (Å²) in [6.45, 7) is 4.30. The van der Waals surface area contributed by atoms with Crippen LogP contribution in [0.4, 0.5) is 4.39 Å². The van der Waals surface area contributed by atoms with Gasteiger partial charge in [-0.2, -0.15) is 0 Å². The molecule has 0 heterocycles. The smallest absolute Gasteiger partial charge is 0.127 e. The fraction of sp³-hybridized carbons (Fsp3) is 0.455. The Hall–Kier alpha value is -1.09. The number of benzene rings is 1. The van der Waals surface area contributed by atoms with Crippen LogP contribution in [0.3, 0.4) is 0 Å². The van der Waals surface area contributed by atoms with Gasteiger partial charge in [-0.3, -0.25) is 0 Å². The summed E-state index contributed by atoms with van der Waals surface area (Å²) in [5, 5.41) is 0. The van der Waals surface area contributed by atoms with Crippen molar-refractivity contribution in [1.29, 1.82) is 0 Å². The van der Waals surface area contributed by atoms with E-state index in [0.717, 1.165) is 12.0 Å². The van der Waals surface area contributed by atoms with Crippen LogP contribution in [0, 0.1) is 5.82 Å². The molecule has 1 aromatic rings. The first kappa shape index (κ1) is 11.0. The van der Waals surface area contributed by atoms with Gasteiger partial charge in [0.15, 0.2) is 0 Å². The number of halogens is 1. The summed E-state index contributed by atoms with van der Waals surface area (Å²) in [5.41, 5.74) is 6.18. The molecule has 3 heteroatoms. The van der Waals surface area contributed by atoms with Gasteiger partial charge in [0.05, 0.1) is 6.10 Å². The van der Waals surface area contributed by atoms with Crippen molar-refractivity contribution in [3.05, 3.63) is 29.6 Å². The summed E-state index contributed by atoms with van der Waals surface area (Å²) in [5.74, 6) is 0.256. The molecule has 0 aliphatic rings. The van der Waals surface area contributed by atoms with Gasteiger partial charge in [-0.05, 0) is 31.0 Å². The van der Waals surface area contributed by atoms with E-state index in [1.165, 1.54) is 12.1 Å². The van der Waals surface area contributed by atoms with Gasteiger partial charge < -0.3 is 10.5 Å². The minimum atomic E-state index is -0.300. The highest BCUT2D eigenvalue weighted by molar-refractivity contribution is 5.29. The van der Waals surface area contributed by atoms with Crippen LogP contribution < -0.4 is 10.5 Å². The molecule has 78 valence electrons. The van der Waals surface area contributed by atoms with Crippen LogP contribution in [0.25, 0.3) is 0 Å². The summed E-state index contributed by atoms with van der Waals surface area (Å²) in [4.78, 5) is 0. The van der Waals surface area contributed by atoms with E-state index < -0.39 is 0 Å².